The summed E-state index contributed by atoms with van der Waals surface area (Å²) in [6.07, 6.45) is 5.50. The van der Waals surface area contributed by atoms with E-state index in [1.54, 1.807) is 0 Å². The van der Waals surface area contributed by atoms with Crippen LogP contribution in [0.25, 0.3) is 6.08 Å². The molecule has 11 heavy (non-hydrogen) atoms. The number of carbonyl (C=O) groups is 1. The molecule has 0 aromatic heterocycles. The molecule has 0 atom stereocenters. The normalized spacial score (nSPS) is 11.6. The van der Waals surface area contributed by atoms with E-state index >= 15 is 0 Å². The Bertz CT molecular complexity index is 263. The fourth-order valence-electron chi connectivity index (χ4n) is 1.20. The zero-order chi connectivity index (χ0) is 8.10. The van der Waals surface area contributed by atoms with E-state index in [0.717, 1.165) is 6.42 Å². The van der Waals surface area contributed by atoms with Crippen LogP contribution in [0.2, 0.25) is 0 Å². The maximum Gasteiger partial charge on any atom is 0.106 e. The Kier molecular flexibility index (Phi) is 2.61. The Hall–Kier alpha value is -1.37. The van der Waals surface area contributed by atoms with Crippen LogP contribution in [-0.2, 0) is 11.2 Å². The van der Waals surface area contributed by atoms with Crippen LogP contribution in [0.5, 0.6) is 0 Å². The average Bonchev–Trinajstić information content (AvgIpc) is 2.55. The first kappa shape index (κ1) is 7.73. The first-order valence-corrected chi connectivity index (χ1v) is 3.50. The molecule has 0 aliphatic heterocycles. The van der Waals surface area contributed by atoms with Crippen LogP contribution in [0.15, 0.2) is 30.3 Å². The summed E-state index contributed by atoms with van der Waals surface area (Å²) in [5.74, 6) is 0. The molecule has 1 aromatic carbocycles. The van der Waals surface area contributed by atoms with Crippen molar-refractivity contribution in [2.24, 2.45) is 0 Å². The zero-order valence-corrected chi connectivity index (χ0v) is 6.29. The molecule has 0 unspecified atom stereocenters. The summed E-state index contributed by atoms with van der Waals surface area (Å²) in [5.41, 5.74) is 2.84. The third-order valence-corrected chi connectivity index (χ3v) is 1.69. The summed E-state index contributed by atoms with van der Waals surface area (Å²) in [5, 5.41) is 0. The summed E-state index contributed by atoms with van der Waals surface area (Å²) in [6.45, 7) is 2.00. The zero-order valence-electron chi connectivity index (χ0n) is 6.29. The van der Waals surface area contributed by atoms with Crippen molar-refractivity contribution in [3.63, 3.8) is 0 Å². The standard InChI is InChI=1S/C9H8.CH2O/c1-2-5-9-7-3-6-8(9)4-1;1-2/h1-6H,7H2;1H2. The van der Waals surface area contributed by atoms with Crippen LogP contribution >= 0.6 is 0 Å². The Morgan fingerprint density at radius 3 is 2.64 bits per heavy atom. The molecule has 0 amide bonds. The van der Waals surface area contributed by atoms with Crippen molar-refractivity contribution < 1.29 is 4.79 Å². The van der Waals surface area contributed by atoms with E-state index in [1.165, 1.54) is 11.1 Å². The van der Waals surface area contributed by atoms with E-state index in [4.69, 9.17) is 4.79 Å². The van der Waals surface area contributed by atoms with Crippen molar-refractivity contribution in [1.82, 2.24) is 0 Å². The van der Waals surface area contributed by atoms with Crippen LogP contribution in [0.3, 0.4) is 0 Å². The highest BCUT2D eigenvalue weighted by Gasteiger charge is 2.00. The van der Waals surface area contributed by atoms with Gasteiger partial charge in [0.1, 0.15) is 6.79 Å². The lowest BCUT2D eigenvalue weighted by Gasteiger charge is -1.93. The minimum Gasteiger partial charge on any atom is -0.307 e. The summed E-state index contributed by atoms with van der Waals surface area (Å²) in [4.78, 5) is 8.00. The van der Waals surface area contributed by atoms with Crippen LogP contribution in [-0.4, -0.2) is 6.79 Å². The SMILES string of the molecule is C1=Cc2ccccc2C1.C=O. The van der Waals surface area contributed by atoms with Gasteiger partial charge in [-0.3, -0.25) is 0 Å². The van der Waals surface area contributed by atoms with Crippen LogP contribution in [0, 0.1) is 0 Å². The number of allylic oxidation sites excluding steroid dienone is 1. The fourth-order valence-corrected chi connectivity index (χ4v) is 1.20. The fraction of sp³-hybridized carbons (Fsp3) is 0.100. The molecule has 1 nitrogen and oxygen atoms in total. The molecule has 1 heteroatoms. The van der Waals surface area contributed by atoms with Gasteiger partial charge in [-0.1, -0.05) is 36.4 Å². The smallest absolute Gasteiger partial charge is 0.106 e. The van der Waals surface area contributed by atoms with Gasteiger partial charge in [-0.25, -0.2) is 0 Å². The number of fused-ring (bicyclic) bond motifs is 1. The minimum atomic E-state index is 1.12. The molecular weight excluding hydrogens is 136 g/mol. The van der Waals surface area contributed by atoms with E-state index < -0.39 is 0 Å². The average molecular weight is 146 g/mol. The van der Waals surface area contributed by atoms with Crippen molar-refractivity contribution in [1.29, 1.82) is 0 Å². The molecule has 0 fully saturated rings. The second-order valence-electron chi connectivity index (χ2n) is 2.31. The lowest BCUT2D eigenvalue weighted by molar-refractivity contribution is -0.0979. The lowest BCUT2D eigenvalue weighted by atomic mass is 10.1. The van der Waals surface area contributed by atoms with Gasteiger partial charge in [0.15, 0.2) is 0 Å². The maximum atomic E-state index is 8.00. The molecular formula is C10H10O. The minimum absolute atomic E-state index is 1.12. The van der Waals surface area contributed by atoms with E-state index in [1.807, 2.05) is 6.79 Å². The first-order chi connectivity index (χ1) is 5.47. The Balaban J connectivity index is 0.000000281. The summed E-state index contributed by atoms with van der Waals surface area (Å²) >= 11 is 0. The first-order valence-electron chi connectivity index (χ1n) is 3.50. The van der Waals surface area contributed by atoms with Crippen LogP contribution in [0.1, 0.15) is 11.1 Å². The molecule has 0 saturated carbocycles. The van der Waals surface area contributed by atoms with Crippen LogP contribution < -0.4 is 0 Å². The molecule has 1 aromatic rings. The predicted octanol–water partition coefficient (Wildman–Crippen LogP) is 2.07. The van der Waals surface area contributed by atoms with E-state index in [-0.39, 0.29) is 0 Å². The van der Waals surface area contributed by atoms with Gasteiger partial charge in [0.25, 0.3) is 0 Å². The summed E-state index contributed by atoms with van der Waals surface area (Å²) in [7, 11) is 0. The molecule has 0 N–H and O–H groups in total. The highest BCUT2D eigenvalue weighted by Crippen LogP contribution is 2.17. The molecule has 56 valence electrons. The van der Waals surface area contributed by atoms with Crippen molar-refractivity contribution in [2.75, 3.05) is 0 Å². The second kappa shape index (κ2) is 3.71. The number of carbonyl (C=O) groups excluding carboxylic acids is 1. The van der Waals surface area contributed by atoms with E-state index in [9.17, 15) is 0 Å². The van der Waals surface area contributed by atoms with Gasteiger partial charge in [-0.05, 0) is 17.5 Å². The summed E-state index contributed by atoms with van der Waals surface area (Å²) in [6, 6.07) is 8.49. The largest absolute Gasteiger partial charge is 0.307 e. The summed E-state index contributed by atoms with van der Waals surface area (Å²) < 4.78 is 0. The van der Waals surface area contributed by atoms with Crippen molar-refractivity contribution in [2.45, 2.75) is 6.42 Å². The van der Waals surface area contributed by atoms with E-state index in [2.05, 4.69) is 36.4 Å². The molecule has 0 radical (unpaired) electrons. The van der Waals surface area contributed by atoms with Gasteiger partial charge in [-0.15, -0.1) is 0 Å². The number of rotatable bonds is 0. The Morgan fingerprint density at radius 1 is 1.18 bits per heavy atom. The van der Waals surface area contributed by atoms with Crippen molar-refractivity contribution in [3.05, 3.63) is 41.5 Å². The van der Waals surface area contributed by atoms with Gasteiger partial charge in [0, 0.05) is 0 Å². The highest BCUT2D eigenvalue weighted by atomic mass is 16.1. The molecule has 0 heterocycles. The monoisotopic (exact) mass is 146 g/mol. The second-order valence-corrected chi connectivity index (χ2v) is 2.31. The molecule has 1 aliphatic carbocycles. The van der Waals surface area contributed by atoms with Gasteiger partial charge in [0.05, 0.1) is 0 Å². The quantitative estimate of drug-likeness (QED) is 0.547. The number of hydrogen-bond donors (Lipinski definition) is 0. The Labute approximate surface area is 66.4 Å². The van der Waals surface area contributed by atoms with Crippen LogP contribution in [0.4, 0.5) is 0 Å². The van der Waals surface area contributed by atoms with Gasteiger partial charge < -0.3 is 4.79 Å². The lowest BCUT2D eigenvalue weighted by Crippen LogP contribution is -1.76. The third-order valence-electron chi connectivity index (χ3n) is 1.69. The van der Waals surface area contributed by atoms with Gasteiger partial charge in [0.2, 0.25) is 0 Å². The third kappa shape index (κ3) is 1.55. The van der Waals surface area contributed by atoms with Crippen molar-refractivity contribution >= 4 is 12.9 Å². The number of hydrogen-bond acceptors (Lipinski definition) is 1. The highest BCUT2D eigenvalue weighted by molar-refractivity contribution is 5.59. The molecule has 1 aliphatic rings. The topological polar surface area (TPSA) is 17.1 Å². The number of benzene rings is 1. The van der Waals surface area contributed by atoms with Crippen molar-refractivity contribution in [3.8, 4) is 0 Å². The molecule has 0 spiro atoms. The van der Waals surface area contributed by atoms with Gasteiger partial charge >= 0.3 is 0 Å². The van der Waals surface area contributed by atoms with Gasteiger partial charge in [-0.2, -0.15) is 0 Å². The van der Waals surface area contributed by atoms with E-state index in [0.29, 0.717) is 0 Å². The molecule has 2 rings (SSSR count). The maximum absolute atomic E-state index is 8.00. The molecule has 0 saturated heterocycles. The molecule has 0 bridgehead atoms. The predicted molar refractivity (Wildman–Crippen MR) is 46.3 cm³/mol. The Morgan fingerprint density at radius 2 is 1.91 bits per heavy atom.